The molecule has 1 aromatic rings. The number of benzene rings is 1. The molecule has 0 radical (unpaired) electrons. The van der Waals surface area contributed by atoms with Gasteiger partial charge in [0.15, 0.2) is 0 Å². The number of nitrogens with zero attached hydrogens (tertiary/aromatic N) is 1. The number of nitrogens with one attached hydrogen (secondary N) is 1. The van der Waals surface area contributed by atoms with Crippen LogP contribution in [0.3, 0.4) is 0 Å². The van der Waals surface area contributed by atoms with Gasteiger partial charge in [-0.15, -0.1) is 0 Å². The Morgan fingerprint density at radius 2 is 2.26 bits per heavy atom. The number of halogens is 2. The smallest absolute Gasteiger partial charge is 0.127 e. The van der Waals surface area contributed by atoms with Gasteiger partial charge >= 0.3 is 0 Å². The molecule has 1 aliphatic heterocycles. The Morgan fingerprint density at radius 1 is 1.47 bits per heavy atom. The summed E-state index contributed by atoms with van der Waals surface area (Å²) in [5.74, 6) is -0.112. The average molecular weight is 329 g/mol. The molecule has 1 atom stereocenters. The highest BCUT2D eigenvalue weighted by atomic mass is 79.9. The SMILES string of the molecule is CCC1(C)CN(Cc2cc(Br)ccc2F)CCCN1. The lowest BCUT2D eigenvalue weighted by Gasteiger charge is -2.32. The van der Waals surface area contributed by atoms with E-state index in [1.165, 1.54) is 6.07 Å². The van der Waals surface area contributed by atoms with Gasteiger partial charge in [0.05, 0.1) is 0 Å². The maximum atomic E-state index is 13.8. The highest BCUT2D eigenvalue weighted by Gasteiger charge is 2.27. The zero-order chi connectivity index (χ0) is 13.9. The fraction of sp³-hybridized carbons (Fsp3) is 0.600. The summed E-state index contributed by atoms with van der Waals surface area (Å²) in [5, 5.41) is 3.60. The molecule has 2 rings (SSSR count). The van der Waals surface area contributed by atoms with Crippen LogP contribution in [0.15, 0.2) is 22.7 Å². The fourth-order valence-electron chi connectivity index (χ4n) is 2.60. The molecule has 1 fully saturated rings. The van der Waals surface area contributed by atoms with Gasteiger partial charge in [-0.05, 0) is 51.1 Å². The van der Waals surface area contributed by atoms with Crippen LogP contribution in [0.2, 0.25) is 0 Å². The van der Waals surface area contributed by atoms with Crippen LogP contribution in [0.5, 0.6) is 0 Å². The third-order valence-electron chi connectivity index (χ3n) is 3.96. The lowest BCUT2D eigenvalue weighted by Crippen LogP contribution is -2.48. The van der Waals surface area contributed by atoms with Gasteiger partial charge in [0.2, 0.25) is 0 Å². The largest absolute Gasteiger partial charge is 0.310 e. The van der Waals surface area contributed by atoms with Crippen LogP contribution in [0.25, 0.3) is 0 Å². The molecule has 1 heterocycles. The van der Waals surface area contributed by atoms with E-state index in [0.29, 0.717) is 6.54 Å². The monoisotopic (exact) mass is 328 g/mol. The molecule has 1 saturated heterocycles. The molecule has 1 aliphatic rings. The Labute approximate surface area is 123 Å². The van der Waals surface area contributed by atoms with Crippen LogP contribution in [0.1, 0.15) is 32.3 Å². The highest BCUT2D eigenvalue weighted by Crippen LogP contribution is 2.20. The van der Waals surface area contributed by atoms with Gasteiger partial charge in [-0.3, -0.25) is 4.90 Å². The summed E-state index contributed by atoms with van der Waals surface area (Å²) >= 11 is 3.42. The number of hydrogen-bond donors (Lipinski definition) is 1. The normalized spacial score (nSPS) is 25.3. The van der Waals surface area contributed by atoms with Gasteiger partial charge in [0.1, 0.15) is 5.82 Å². The summed E-state index contributed by atoms with van der Waals surface area (Å²) in [6.45, 7) is 8.17. The molecule has 0 bridgehead atoms. The first-order valence-corrected chi connectivity index (χ1v) is 7.73. The molecule has 2 nitrogen and oxygen atoms in total. The molecule has 0 saturated carbocycles. The molecular formula is C15H22BrFN2. The Bertz CT molecular complexity index is 438. The third kappa shape index (κ3) is 4.01. The molecule has 4 heteroatoms. The van der Waals surface area contributed by atoms with E-state index in [2.05, 4.69) is 40.0 Å². The highest BCUT2D eigenvalue weighted by molar-refractivity contribution is 9.10. The molecule has 106 valence electrons. The van der Waals surface area contributed by atoms with Gasteiger partial charge in [-0.25, -0.2) is 4.39 Å². The zero-order valence-electron chi connectivity index (χ0n) is 11.7. The number of hydrogen-bond acceptors (Lipinski definition) is 2. The minimum atomic E-state index is -0.112. The molecule has 1 aromatic carbocycles. The topological polar surface area (TPSA) is 15.3 Å². The summed E-state index contributed by atoms with van der Waals surface area (Å²) in [4.78, 5) is 2.36. The Morgan fingerprint density at radius 3 is 3.00 bits per heavy atom. The Kier molecular flexibility index (Phi) is 4.98. The van der Waals surface area contributed by atoms with E-state index in [4.69, 9.17) is 0 Å². The second-order valence-electron chi connectivity index (χ2n) is 5.64. The molecule has 1 unspecified atom stereocenters. The second kappa shape index (κ2) is 6.33. The lowest BCUT2D eigenvalue weighted by molar-refractivity contribution is 0.206. The summed E-state index contributed by atoms with van der Waals surface area (Å²) in [6, 6.07) is 5.17. The Balaban J connectivity index is 2.10. The van der Waals surface area contributed by atoms with Crippen LogP contribution in [0.4, 0.5) is 4.39 Å². The maximum absolute atomic E-state index is 13.8. The van der Waals surface area contributed by atoms with Gasteiger partial charge in [-0.2, -0.15) is 0 Å². The van der Waals surface area contributed by atoms with Gasteiger partial charge in [0.25, 0.3) is 0 Å². The minimum absolute atomic E-state index is 0.112. The fourth-order valence-corrected chi connectivity index (χ4v) is 3.01. The van der Waals surface area contributed by atoms with Crippen LogP contribution in [-0.2, 0) is 6.54 Å². The summed E-state index contributed by atoms with van der Waals surface area (Å²) in [6.07, 6.45) is 2.20. The summed E-state index contributed by atoms with van der Waals surface area (Å²) < 4.78 is 14.8. The quantitative estimate of drug-likeness (QED) is 0.912. The average Bonchev–Trinajstić information content (AvgIpc) is 2.56. The van der Waals surface area contributed by atoms with Gasteiger partial charge in [0, 0.05) is 28.7 Å². The van der Waals surface area contributed by atoms with Crippen molar-refractivity contribution < 1.29 is 4.39 Å². The standard InChI is InChI=1S/C15H22BrFN2/c1-3-15(2)11-19(8-4-7-18-15)10-12-9-13(16)5-6-14(12)17/h5-6,9,18H,3-4,7-8,10-11H2,1-2H3. The van der Waals surface area contributed by atoms with Crippen molar-refractivity contribution in [3.8, 4) is 0 Å². The van der Waals surface area contributed by atoms with E-state index in [1.807, 2.05) is 6.07 Å². The van der Waals surface area contributed by atoms with Gasteiger partial charge in [-0.1, -0.05) is 22.9 Å². The predicted octanol–water partition coefficient (Wildman–Crippen LogP) is 3.55. The van der Waals surface area contributed by atoms with Crippen molar-refractivity contribution in [3.63, 3.8) is 0 Å². The molecule has 0 aliphatic carbocycles. The van der Waals surface area contributed by atoms with E-state index in [9.17, 15) is 4.39 Å². The molecule has 0 amide bonds. The van der Waals surface area contributed by atoms with Crippen LogP contribution < -0.4 is 5.32 Å². The summed E-state index contributed by atoms with van der Waals surface area (Å²) in [5.41, 5.74) is 0.911. The molecule has 19 heavy (non-hydrogen) atoms. The van der Waals surface area contributed by atoms with Crippen LogP contribution in [0, 0.1) is 5.82 Å². The van der Waals surface area contributed by atoms with Crippen molar-refractivity contribution in [1.29, 1.82) is 0 Å². The predicted molar refractivity (Wildman–Crippen MR) is 80.7 cm³/mol. The van der Waals surface area contributed by atoms with E-state index >= 15 is 0 Å². The van der Waals surface area contributed by atoms with E-state index < -0.39 is 0 Å². The van der Waals surface area contributed by atoms with E-state index in [-0.39, 0.29) is 11.4 Å². The van der Waals surface area contributed by atoms with Crippen molar-refractivity contribution in [1.82, 2.24) is 10.2 Å². The first-order valence-electron chi connectivity index (χ1n) is 6.94. The molecule has 0 spiro atoms. The van der Waals surface area contributed by atoms with Gasteiger partial charge < -0.3 is 5.32 Å². The van der Waals surface area contributed by atoms with Crippen molar-refractivity contribution in [2.24, 2.45) is 0 Å². The van der Waals surface area contributed by atoms with Crippen LogP contribution in [-0.4, -0.2) is 30.1 Å². The third-order valence-corrected chi connectivity index (χ3v) is 4.45. The second-order valence-corrected chi connectivity index (χ2v) is 6.56. The van der Waals surface area contributed by atoms with E-state index in [0.717, 1.165) is 42.5 Å². The minimum Gasteiger partial charge on any atom is -0.310 e. The number of rotatable bonds is 3. The van der Waals surface area contributed by atoms with Crippen LogP contribution >= 0.6 is 15.9 Å². The van der Waals surface area contributed by atoms with Crippen molar-refractivity contribution >= 4 is 15.9 Å². The van der Waals surface area contributed by atoms with E-state index in [1.54, 1.807) is 6.07 Å². The van der Waals surface area contributed by atoms with Crippen molar-refractivity contribution in [2.75, 3.05) is 19.6 Å². The molecule has 1 N–H and O–H groups in total. The molecular weight excluding hydrogens is 307 g/mol. The Hall–Kier alpha value is -0.450. The van der Waals surface area contributed by atoms with Crippen molar-refractivity contribution in [2.45, 2.75) is 38.8 Å². The first kappa shape index (κ1) is 14.9. The summed E-state index contributed by atoms with van der Waals surface area (Å²) in [7, 11) is 0. The molecule has 0 aromatic heterocycles. The zero-order valence-corrected chi connectivity index (χ0v) is 13.3. The maximum Gasteiger partial charge on any atom is 0.127 e. The van der Waals surface area contributed by atoms with Crippen molar-refractivity contribution in [3.05, 3.63) is 34.1 Å². The lowest BCUT2D eigenvalue weighted by atomic mass is 9.98. The first-order chi connectivity index (χ1) is 9.02.